The van der Waals surface area contributed by atoms with Gasteiger partial charge in [-0.05, 0) is 61.6 Å². The minimum atomic E-state index is -0.842. The van der Waals surface area contributed by atoms with Crippen molar-refractivity contribution in [1.82, 2.24) is 9.80 Å². The molecule has 0 saturated carbocycles. The normalized spacial score (nSPS) is 15.0. The average Bonchev–Trinajstić information content (AvgIpc) is 3.04. The number of ether oxygens (including phenoxy) is 2. The van der Waals surface area contributed by atoms with Crippen molar-refractivity contribution >= 4 is 17.5 Å². The molecule has 45 heavy (non-hydrogen) atoms. The SMILES string of the molecule is CN(C)Cc1ccc(Oc2ccccc2)cc1.C[C@H]1COc2c(NC(=O)C(N)c3ccccc3)cccc2C(=O)N(CCO)C1. The number of nitrogens with zero attached hydrogens (tertiary/aromatic N) is 2. The maximum absolute atomic E-state index is 12.9. The molecule has 0 spiro atoms. The van der Waals surface area contributed by atoms with Crippen molar-refractivity contribution in [2.24, 2.45) is 11.7 Å². The second-order valence-electron chi connectivity index (χ2n) is 11.2. The van der Waals surface area contributed by atoms with Crippen molar-refractivity contribution in [2.45, 2.75) is 19.5 Å². The van der Waals surface area contributed by atoms with Crippen molar-refractivity contribution in [1.29, 1.82) is 0 Å². The zero-order valence-corrected chi connectivity index (χ0v) is 26.1. The summed E-state index contributed by atoms with van der Waals surface area (Å²) in [4.78, 5) is 29.3. The molecule has 5 rings (SSSR count). The number of hydrogen-bond acceptors (Lipinski definition) is 7. The van der Waals surface area contributed by atoms with Crippen molar-refractivity contribution in [3.63, 3.8) is 0 Å². The van der Waals surface area contributed by atoms with E-state index in [1.165, 1.54) is 5.56 Å². The smallest absolute Gasteiger partial charge is 0.257 e. The number of fused-ring (bicyclic) bond motifs is 1. The van der Waals surface area contributed by atoms with Gasteiger partial charge in [0, 0.05) is 25.6 Å². The molecule has 0 saturated heterocycles. The van der Waals surface area contributed by atoms with Crippen LogP contribution in [0.1, 0.15) is 34.5 Å². The number of aliphatic hydroxyl groups excluding tert-OH is 1. The van der Waals surface area contributed by atoms with Crippen molar-refractivity contribution in [3.8, 4) is 17.2 Å². The number of anilines is 1. The minimum absolute atomic E-state index is 0.0824. The summed E-state index contributed by atoms with van der Waals surface area (Å²) in [5, 5.41) is 12.1. The largest absolute Gasteiger partial charge is 0.490 e. The molecule has 4 N–H and O–H groups in total. The van der Waals surface area contributed by atoms with Crippen LogP contribution in [0.5, 0.6) is 17.2 Å². The van der Waals surface area contributed by atoms with E-state index >= 15 is 0 Å². The number of para-hydroxylation sites is 2. The highest BCUT2D eigenvalue weighted by atomic mass is 16.5. The molecule has 1 aliphatic rings. The van der Waals surface area contributed by atoms with Crippen LogP contribution >= 0.6 is 0 Å². The molecule has 0 aliphatic carbocycles. The molecule has 1 heterocycles. The van der Waals surface area contributed by atoms with Gasteiger partial charge in [0.15, 0.2) is 5.75 Å². The summed E-state index contributed by atoms with van der Waals surface area (Å²) in [6.45, 7) is 3.93. The Morgan fingerprint density at radius 3 is 2.27 bits per heavy atom. The van der Waals surface area contributed by atoms with Crippen LogP contribution in [0.3, 0.4) is 0 Å². The molecule has 1 unspecified atom stereocenters. The highest BCUT2D eigenvalue weighted by Gasteiger charge is 2.27. The number of benzene rings is 4. The van der Waals surface area contributed by atoms with Crippen LogP contribution in [0.15, 0.2) is 103 Å². The molecule has 0 radical (unpaired) electrons. The summed E-state index contributed by atoms with van der Waals surface area (Å²) in [5.41, 5.74) is 8.81. The fourth-order valence-electron chi connectivity index (χ4n) is 4.86. The van der Waals surface area contributed by atoms with Crippen LogP contribution < -0.4 is 20.5 Å². The molecule has 1 aliphatic heterocycles. The number of amides is 2. The fourth-order valence-corrected chi connectivity index (χ4v) is 4.86. The first-order valence-corrected chi connectivity index (χ1v) is 15.0. The van der Waals surface area contributed by atoms with Crippen LogP contribution in [0.4, 0.5) is 5.69 Å². The van der Waals surface area contributed by atoms with E-state index in [9.17, 15) is 14.7 Å². The third kappa shape index (κ3) is 9.64. The lowest BCUT2D eigenvalue weighted by molar-refractivity contribution is -0.117. The Hall–Kier alpha value is -4.70. The molecule has 9 heteroatoms. The summed E-state index contributed by atoms with van der Waals surface area (Å²) < 4.78 is 11.6. The van der Waals surface area contributed by atoms with Crippen molar-refractivity contribution in [2.75, 3.05) is 45.7 Å². The second-order valence-corrected chi connectivity index (χ2v) is 11.2. The molecule has 0 bridgehead atoms. The molecule has 2 amide bonds. The van der Waals surface area contributed by atoms with Crippen molar-refractivity contribution in [3.05, 3.63) is 120 Å². The third-order valence-corrected chi connectivity index (χ3v) is 7.05. The topological polar surface area (TPSA) is 117 Å². The number of nitrogens with two attached hydrogens (primary N) is 1. The van der Waals surface area contributed by atoms with Gasteiger partial charge in [0.1, 0.15) is 17.5 Å². The second kappa shape index (κ2) is 16.4. The molecule has 2 atom stereocenters. The predicted octanol–water partition coefficient (Wildman–Crippen LogP) is 5.33. The first-order chi connectivity index (χ1) is 21.7. The molecule has 236 valence electrons. The van der Waals surface area contributed by atoms with E-state index in [1.54, 1.807) is 35.2 Å². The van der Waals surface area contributed by atoms with E-state index in [1.807, 2.05) is 67.6 Å². The Kier molecular flexibility index (Phi) is 12.1. The molecule has 4 aromatic carbocycles. The van der Waals surface area contributed by atoms with Gasteiger partial charge < -0.3 is 35.4 Å². The van der Waals surface area contributed by atoms with Gasteiger partial charge in [0.25, 0.3) is 5.91 Å². The van der Waals surface area contributed by atoms with E-state index in [-0.39, 0.29) is 25.0 Å². The number of aliphatic hydroxyl groups is 1. The number of nitrogens with one attached hydrogen (secondary N) is 1. The van der Waals surface area contributed by atoms with Crippen LogP contribution in [0, 0.1) is 5.92 Å². The zero-order chi connectivity index (χ0) is 32.2. The summed E-state index contributed by atoms with van der Waals surface area (Å²) in [6.07, 6.45) is 0. The van der Waals surface area contributed by atoms with Crippen LogP contribution in [-0.4, -0.2) is 67.1 Å². The van der Waals surface area contributed by atoms with E-state index in [4.69, 9.17) is 15.2 Å². The van der Waals surface area contributed by atoms with Crippen LogP contribution in [-0.2, 0) is 11.3 Å². The lowest BCUT2D eigenvalue weighted by atomic mass is 10.1. The monoisotopic (exact) mass is 610 g/mol. The van der Waals surface area contributed by atoms with Gasteiger partial charge in [0.2, 0.25) is 5.91 Å². The number of rotatable bonds is 9. The summed E-state index contributed by atoms with van der Waals surface area (Å²) in [6, 6.07) is 31.3. The van der Waals surface area contributed by atoms with Gasteiger partial charge in [-0.1, -0.05) is 73.7 Å². The average molecular weight is 611 g/mol. The number of hydrogen-bond donors (Lipinski definition) is 3. The molecule has 0 aromatic heterocycles. The van der Waals surface area contributed by atoms with Crippen molar-refractivity contribution < 1.29 is 24.2 Å². The third-order valence-electron chi connectivity index (χ3n) is 7.05. The number of β-amino-alcohol motifs (C(OH)–C–C–N with tert-alkyl or cyclic N) is 1. The Labute approximate surface area is 265 Å². The standard InChI is InChI=1S/C21H25N3O4.C15H17NO/c1-14-12-24(10-11-25)21(27)16-8-5-9-17(19(16)28-13-14)23-20(26)18(22)15-6-3-2-4-7-15;1-16(2)12-13-8-10-15(11-9-13)17-14-6-4-3-5-7-14/h2-9,14,18,25H,10-13,22H2,1H3,(H,23,26);3-11H,12H2,1-2H3/t14-,18?;/m1./s1. The van der Waals surface area contributed by atoms with Gasteiger partial charge in [-0.3, -0.25) is 9.59 Å². The molecular formula is C36H42N4O5. The summed E-state index contributed by atoms with van der Waals surface area (Å²) in [7, 11) is 4.13. The fraction of sp³-hybridized carbons (Fsp3) is 0.278. The van der Waals surface area contributed by atoms with Gasteiger partial charge >= 0.3 is 0 Å². The predicted molar refractivity (Wildman–Crippen MR) is 176 cm³/mol. The van der Waals surface area contributed by atoms with Gasteiger partial charge in [-0.25, -0.2) is 0 Å². The molecule has 9 nitrogen and oxygen atoms in total. The van der Waals surface area contributed by atoms with E-state index in [0.29, 0.717) is 35.7 Å². The van der Waals surface area contributed by atoms with E-state index in [2.05, 4.69) is 36.4 Å². The highest BCUT2D eigenvalue weighted by Crippen LogP contribution is 2.33. The molecule has 0 fully saturated rings. The number of carbonyl (C=O) groups is 2. The Balaban J connectivity index is 0.000000231. The number of carbonyl (C=O) groups excluding carboxylic acids is 2. The van der Waals surface area contributed by atoms with Crippen LogP contribution in [0.25, 0.3) is 0 Å². The maximum atomic E-state index is 12.9. The van der Waals surface area contributed by atoms with Gasteiger partial charge in [0.05, 0.1) is 24.5 Å². The zero-order valence-electron chi connectivity index (χ0n) is 26.1. The molecular weight excluding hydrogens is 568 g/mol. The Bertz CT molecular complexity index is 1510. The summed E-state index contributed by atoms with van der Waals surface area (Å²) in [5.74, 6) is 1.53. The summed E-state index contributed by atoms with van der Waals surface area (Å²) >= 11 is 0. The van der Waals surface area contributed by atoms with Gasteiger partial charge in [-0.15, -0.1) is 0 Å². The maximum Gasteiger partial charge on any atom is 0.257 e. The Morgan fingerprint density at radius 2 is 1.62 bits per heavy atom. The van der Waals surface area contributed by atoms with E-state index in [0.717, 1.165) is 18.0 Å². The first kappa shape index (κ1) is 33.2. The quantitative estimate of drug-likeness (QED) is 0.235. The van der Waals surface area contributed by atoms with E-state index < -0.39 is 11.9 Å². The lowest BCUT2D eigenvalue weighted by Crippen LogP contribution is -2.40. The lowest BCUT2D eigenvalue weighted by Gasteiger charge is -2.30. The Morgan fingerprint density at radius 1 is 0.978 bits per heavy atom. The van der Waals surface area contributed by atoms with Crippen LogP contribution in [0.2, 0.25) is 0 Å². The molecule has 4 aromatic rings. The highest BCUT2D eigenvalue weighted by molar-refractivity contribution is 6.02. The van der Waals surface area contributed by atoms with Gasteiger partial charge in [-0.2, -0.15) is 0 Å². The minimum Gasteiger partial charge on any atom is -0.490 e. The first-order valence-electron chi connectivity index (χ1n) is 15.0.